The number of rotatable bonds is 4. The van der Waals surface area contributed by atoms with E-state index in [1.165, 1.54) is 10.5 Å². The van der Waals surface area contributed by atoms with Gasteiger partial charge in [-0.05, 0) is 31.0 Å². The van der Waals surface area contributed by atoms with Crippen molar-refractivity contribution in [1.29, 1.82) is 5.26 Å². The number of nitriles is 1. The van der Waals surface area contributed by atoms with E-state index in [1.807, 2.05) is 6.92 Å². The number of thioether (sulfide) groups is 1. The molecule has 0 saturated heterocycles. The van der Waals surface area contributed by atoms with Gasteiger partial charge < -0.3 is 0 Å². The van der Waals surface area contributed by atoms with Crippen molar-refractivity contribution in [2.45, 2.75) is 25.2 Å². The predicted molar refractivity (Wildman–Crippen MR) is 61.3 cm³/mol. The molecule has 0 fully saturated rings. The van der Waals surface area contributed by atoms with Gasteiger partial charge in [-0.2, -0.15) is 5.26 Å². The topological polar surface area (TPSA) is 23.8 Å². The van der Waals surface area contributed by atoms with Crippen molar-refractivity contribution in [1.82, 2.24) is 0 Å². The summed E-state index contributed by atoms with van der Waals surface area (Å²) in [5, 5.41) is 8.63. The molecule has 14 heavy (non-hydrogen) atoms. The molecule has 0 N–H and O–H groups in total. The van der Waals surface area contributed by atoms with Crippen molar-refractivity contribution in [2.75, 3.05) is 5.75 Å². The van der Waals surface area contributed by atoms with Gasteiger partial charge in [-0.3, -0.25) is 0 Å². The van der Waals surface area contributed by atoms with E-state index in [0.717, 1.165) is 12.2 Å². The molecule has 74 valence electrons. The zero-order valence-electron chi connectivity index (χ0n) is 8.66. The first-order chi connectivity index (χ1) is 6.76. The van der Waals surface area contributed by atoms with Crippen LogP contribution in [0.1, 0.15) is 19.4 Å². The minimum atomic E-state index is 0.130. The van der Waals surface area contributed by atoms with Crippen molar-refractivity contribution in [3.63, 3.8) is 0 Å². The highest BCUT2D eigenvalue weighted by Crippen LogP contribution is 2.20. The molecule has 1 atom stereocenters. The van der Waals surface area contributed by atoms with Gasteiger partial charge in [0.2, 0.25) is 0 Å². The maximum atomic E-state index is 8.63. The third-order valence-corrected chi connectivity index (χ3v) is 3.32. The molecule has 0 aromatic heterocycles. The standard InChI is InChI=1S/C12H15NS/c1-3-11-4-6-12(7-5-11)14-9-10(2)8-13/h4-7,10H,3,9H2,1-2H3. The van der Waals surface area contributed by atoms with Gasteiger partial charge in [0.25, 0.3) is 0 Å². The summed E-state index contributed by atoms with van der Waals surface area (Å²) < 4.78 is 0. The predicted octanol–water partition coefficient (Wildman–Crippen LogP) is 3.50. The lowest BCUT2D eigenvalue weighted by atomic mass is 10.2. The summed E-state index contributed by atoms with van der Waals surface area (Å²) in [7, 11) is 0. The average Bonchev–Trinajstić information content (AvgIpc) is 2.26. The highest BCUT2D eigenvalue weighted by molar-refractivity contribution is 7.99. The summed E-state index contributed by atoms with van der Waals surface area (Å²) in [5.41, 5.74) is 1.36. The summed E-state index contributed by atoms with van der Waals surface area (Å²) in [6, 6.07) is 10.8. The highest BCUT2D eigenvalue weighted by atomic mass is 32.2. The van der Waals surface area contributed by atoms with E-state index in [4.69, 9.17) is 5.26 Å². The monoisotopic (exact) mass is 205 g/mol. The zero-order valence-corrected chi connectivity index (χ0v) is 9.47. The van der Waals surface area contributed by atoms with Crippen molar-refractivity contribution in [2.24, 2.45) is 5.92 Å². The van der Waals surface area contributed by atoms with Gasteiger partial charge in [0.05, 0.1) is 12.0 Å². The molecule has 0 spiro atoms. The summed E-state index contributed by atoms with van der Waals surface area (Å²) in [5.74, 6) is 1.01. The number of aryl methyl sites for hydroxylation is 1. The zero-order chi connectivity index (χ0) is 10.4. The molecule has 2 heteroatoms. The first kappa shape index (κ1) is 11.1. The fourth-order valence-corrected chi connectivity index (χ4v) is 1.93. The van der Waals surface area contributed by atoms with E-state index < -0.39 is 0 Å². The lowest BCUT2D eigenvalue weighted by molar-refractivity contribution is 0.864. The third-order valence-electron chi connectivity index (χ3n) is 2.05. The summed E-state index contributed by atoms with van der Waals surface area (Å²) in [6.07, 6.45) is 1.08. The second-order valence-electron chi connectivity index (χ2n) is 3.34. The van der Waals surface area contributed by atoms with E-state index in [-0.39, 0.29) is 5.92 Å². The smallest absolute Gasteiger partial charge is 0.0661 e. The van der Waals surface area contributed by atoms with Gasteiger partial charge >= 0.3 is 0 Å². The van der Waals surface area contributed by atoms with Crippen molar-refractivity contribution < 1.29 is 0 Å². The number of hydrogen-bond donors (Lipinski definition) is 0. The van der Waals surface area contributed by atoms with E-state index in [2.05, 4.69) is 37.3 Å². The summed E-state index contributed by atoms with van der Waals surface area (Å²) in [6.45, 7) is 4.10. The second kappa shape index (κ2) is 5.72. The molecular weight excluding hydrogens is 190 g/mol. The van der Waals surface area contributed by atoms with Crippen LogP contribution in [0.15, 0.2) is 29.2 Å². The molecule has 1 unspecified atom stereocenters. The molecule has 1 aromatic rings. The van der Waals surface area contributed by atoms with E-state index in [0.29, 0.717) is 0 Å². The van der Waals surface area contributed by atoms with Crippen LogP contribution in [0.4, 0.5) is 0 Å². The van der Waals surface area contributed by atoms with Crippen LogP contribution in [0.25, 0.3) is 0 Å². The minimum absolute atomic E-state index is 0.130. The maximum Gasteiger partial charge on any atom is 0.0661 e. The van der Waals surface area contributed by atoms with Crippen LogP contribution in [0.5, 0.6) is 0 Å². The van der Waals surface area contributed by atoms with Crippen LogP contribution >= 0.6 is 11.8 Å². The first-order valence-corrected chi connectivity index (χ1v) is 5.86. The Labute approximate surface area is 90.1 Å². The van der Waals surface area contributed by atoms with Crippen LogP contribution < -0.4 is 0 Å². The number of hydrogen-bond acceptors (Lipinski definition) is 2. The molecular formula is C12H15NS. The molecule has 0 amide bonds. The molecule has 0 bridgehead atoms. The Kier molecular flexibility index (Phi) is 4.55. The third kappa shape index (κ3) is 3.43. The molecule has 1 rings (SSSR count). The fourth-order valence-electron chi connectivity index (χ4n) is 1.08. The molecule has 1 aromatic carbocycles. The van der Waals surface area contributed by atoms with Gasteiger partial charge in [-0.25, -0.2) is 0 Å². The summed E-state index contributed by atoms with van der Waals surface area (Å²) in [4.78, 5) is 1.25. The van der Waals surface area contributed by atoms with Crippen molar-refractivity contribution >= 4 is 11.8 Å². The lowest BCUT2D eigenvalue weighted by Crippen LogP contribution is -1.92. The van der Waals surface area contributed by atoms with Crippen LogP contribution in [-0.2, 0) is 6.42 Å². The van der Waals surface area contributed by atoms with Crippen molar-refractivity contribution in [3.05, 3.63) is 29.8 Å². The van der Waals surface area contributed by atoms with Crippen LogP contribution in [0.3, 0.4) is 0 Å². The number of benzene rings is 1. The van der Waals surface area contributed by atoms with Gasteiger partial charge in [-0.15, -0.1) is 11.8 Å². The molecule has 0 radical (unpaired) electrons. The molecule has 0 aliphatic carbocycles. The molecule has 1 nitrogen and oxygen atoms in total. The molecule has 0 aliphatic heterocycles. The van der Waals surface area contributed by atoms with Gasteiger partial charge in [0.1, 0.15) is 0 Å². The van der Waals surface area contributed by atoms with E-state index >= 15 is 0 Å². The van der Waals surface area contributed by atoms with Crippen LogP contribution in [-0.4, -0.2) is 5.75 Å². The van der Waals surface area contributed by atoms with Gasteiger partial charge in [0, 0.05) is 10.6 Å². The Hall–Kier alpha value is -0.940. The first-order valence-electron chi connectivity index (χ1n) is 4.87. The van der Waals surface area contributed by atoms with Gasteiger partial charge in [-0.1, -0.05) is 19.1 Å². The Bertz CT molecular complexity index is 310. The second-order valence-corrected chi connectivity index (χ2v) is 4.43. The Morgan fingerprint density at radius 3 is 2.50 bits per heavy atom. The normalized spacial score (nSPS) is 12.1. The van der Waals surface area contributed by atoms with Crippen molar-refractivity contribution in [3.8, 4) is 6.07 Å². The van der Waals surface area contributed by atoms with E-state index in [1.54, 1.807) is 11.8 Å². The van der Waals surface area contributed by atoms with Crippen LogP contribution in [0.2, 0.25) is 0 Å². The molecule has 0 saturated carbocycles. The fraction of sp³-hybridized carbons (Fsp3) is 0.417. The average molecular weight is 205 g/mol. The molecule has 0 heterocycles. The van der Waals surface area contributed by atoms with Crippen LogP contribution in [0, 0.1) is 17.2 Å². The Morgan fingerprint density at radius 1 is 1.36 bits per heavy atom. The lowest BCUT2D eigenvalue weighted by Gasteiger charge is -2.03. The summed E-state index contributed by atoms with van der Waals surface area (Å²) >= 11 is 1.75. The Morgan fingerprint density at radius 2 is 2.00 bits per heavy atom. The highest BCUT2D eigenvalue weighted by Gasteiger charge is 2.00. The quantitative estimate of drug-likeness (QED) is 0.702. The number of nitrogens with zero attached hydrogens (tertiary/aromatic N) is 1. The van der Waals surface area contributed by atoms with E-state index in [9.17, 15) is 0 Å². The largest absolute Gasteiger partial charge is 0.198 e. The Balaban J connectivity index is 2.48. The maximum absolute atomic E-state index is 8.63. The molecule has 0 aliphatic rings. The minimum Gasteiger partial charge on any atom is -0.198 e. The van der Waals surface area contributed by atoms with Gasteiger partial charge in [0.15, 0.2) is 0 Å². The SMILES string of the molecule is CCc1ccc(SCC(C)C#N)cc1.